The van der Waals surface area contributed by atoms with E-state index in [4.69, 9.17) is 37.4 Å². The van der Waals surface area contributed by atoms with Gasteiger partial charge in [-0.25, -0.2) is 0 Å². The molecular weight excluding hydrogens is 717 g/mol. The Kier molecular flexibility index (Phi) is 13.6. The number of pyridine rings is 1. The van der Waals surface area contributed by atoms with E-state index in [2.05, 4.69) is 40.3 Å². The Balaban J connectivity index is 1.30. The van der Waals surface area contributed by atoms with Crippen molar-refractivity contribution in [3.8, 4) is 34.4 Å². The first kappa shape index (κ1) is 39.8. The minimum atomic E-state index is -1.59. The number of likely N-dealkylation sites (N-methyl/N-ethyl adjacent to an activating group) is 1. The van der Waals surface area contributed by atoms with Crippen molar-refractivity contribution in [2.45, 2.75) is 51.6 Å². The molecule has 0 amide bonds. The van der Waals surface area contributed by atoms with Gasteiger partial charge in [0.05, 0.1) is 28.8 Å². The summed E-state index contributed by atoms with van der Waals surface area (Å²) >= 11 is 13.6. The van der Waals surface area contributed by atoms with Gasteiger partial charge in [0, 0.05) is 67.4 Å². The molecule has 13 heteroatoms. The number of rotatable bonds is 18. The molecule has 1 atom stereocenters. The van der Waals surface area contributed by atoms with Crippen LogP contribution in [0.3, 0.4) is 0 Å². The standard InChI is InChI=1S/C40H45Cl2N5O6/c1-26-29(8-5-9-32(26)33-10-6-11-35(38(33)42)51-13-7-12-47-21-31(22-47)46(3)4)24-53-37-16-36(52-23-28-14-27(17-43)18-44-19-28)30(15-34(37)41)20-45-40(2,25-48)39(49)50/h5-6,8-11,14-16,18-19,31,45,48H,7,12-13,20-25H2,1-4H3,(H,49,50). The summed E-state index contributed by atoms with van der Waals surface area (Å²) in [5.74, 6) is 0.168. The van der Waals surface area contributed by atoms with E-state index in [0.29, 0.717) is 51.6 Å². The number of aliphatic carboxylic acids is 1. The molecule has 1 saturated heterocycles. The van der Waals surface area contributed by atoms with Gasteiger partial charge < -0.3 is 29.3 Å². The van der Waals surface area contributed by atoms with Crippen molar-refractivity contribution in [3.05, 3.63) is 105 Å². The lowest BCUT2D eigenvalue weighted by atomic mass is 9.96. The molecule has 11 nitrogen and oxygen atoms in total. The summed E-state index contributed by atoms with van der Waals surface area (Å²) in [5.41, 5.74) is 3.71. The van der Waals surface area contributed by atoms with Crippen LogP contribution in [0.1, 0.15) is 41.2 Å². The number of nitrogens with one attached hydrogen (secondary N) is 1. The molecule has 2 heterocycles. The Morgan fingerprint density at radius 2 is 1.75 bits per heavy atom. The van der Waals surface area contributed by atoms with Crippen LogP contribution in [0, 0.1) is 18.3 Å². The molecule has 1 fully saturated rings. The van der Waals surface area contributed by atoms with Crippen LogP contribution < -0.4 is 19.5 Å². The Bertz CT molecular complexity index is 1950. The summed E-state index contributed by atoms with van der Waals surface area (Å²) in [4.78, 5) is 20.6. The van der Waals surface area contributed by atoms with Crippen molar-refractivity contribution >= 4 is 29.2 Å². The molecule has 0 saturated carbocycles. The lowest BCUT2D eigenvalue weighted by Gasteiger charge is -2.42. The maximum atomic E-state index is 11.8. The molecule has 1 aromatic heterocycles. The number of ether oxygens (including phenoxy) is 3. The maximum absolute atomic E-state index is 11.8. The number of carboxylic acid groups (broad SMARTS) is 1. The zero-order chi connectivity index (χ0) is 38.1. The van der Waals surface area contributed by atoms with Crippen LogP contribution in [0.4, 0.5) is 0 Å². The largest absolute Gasteiger partial charge is 0.492 e. The highest BCUT2D eigenvalue weighted by atomic mass is 35.5. The molecule has 0 spiro atoms. The molecular formula is C40H45Cl2N5O6. The van der Waals surface area contributed by atoms with Crippen LogP contribution >= 0.6 is 23.2 Å². The SMILES string of the molecule is Cc1c(COc2cc(OCc3cncc(C#N)c3)c(CNC(C)(CO)C(=O)O)cc2Cl)cccc1-c1cccc(OCCCN2CC(N(C)C)C2)c1Cl. The van der Waals surface area contributed by atoms with Crippen LogP contribution in [-0.4, -0.2) is 89.5 Å². The number of benzene rings is 3. The lowest BCUT2D eigenvalue weighted by molar-refractivity contribution is -0.145. The third-order valence-corrected chi connectivity index (χ3v) is 10.2. The Hall–Kier alpha value is -4.41. The van der Waals surface area contributed by atoms with E-state index >= 15 is 0 Å². The molecule has 1 aliphatic rings. The van der Waals surface area contributed by atoms with Crippen LogP contribution in [0.15, 0.2) is 67.0 Å². The quantitative estimate of drug-likeness (QED) is 0.0980. The van der Waals surface area contributed by atoms with Crippen LogP contribution in [0.25, 0.3) is 11.1 Å². The monoisotopic (exact) mass is 761 g/mol. The van der Waals surface area contributed by atoms with Gasteiger partial charge in [0.1, 0.15) is 42.1 Å². The number of aliphatic hydroxyl groups excluding tert-OH is 1. The molecule has 0 radical (unpaired) electrons. The number of aromatic nitrogens is 1. The average molecular weight is 763 g/mol. The smallest absolute Gasteiger partial charge is 0.326 e. The summed E-state index contributed by atoms with van der Waals surface area (Å²) in [7, 11) is 4.24. The molecule has 0 bridgehead atoms. The normalized spacial score (nSPS) is 14.3. The molecule has 1 unspecified atom stereocenters. The fourth-order valence-corrected chi connectivity index (χ4v) is 6.40. The number of aliphatic hydroxyl groups is 1. The van der Waals surface area contributed by atoms with Gasteiger partial charge in [-0.15, -0.1) is 0 Å². The molecule has 3 N–H and O–H groups in total. The number of hydrogen-bond acceptors (Lipinski definition) is 10. The van der Waals surface area contributed by atoms with E-state index in [1.165, 1.54) is 13.1 Å². The van der Waals surface area contributed by atoms with Crippen LogP contribution in [-0.2, 0) is 24.6 Å². The Labute approximate surface area is 320 Å². The minimum absolute atomic E-state index is 0.0233. The number of carboxylic acids is 1. The van der Waals surface area contributed by atoms with Gasteiger partial charge in [-0.2, -0.15) is 5.26 Å². The van der Waals surface area contributed by atoms with Crippen molar-refractivity contribution < 1.29 is 29.2 Å². The number of nitrogens with zero attached hydrogens (tertiary/aromatic N) is 4. The zero-order valence-electron chi connectivity index (χ0n) is 30.4. The summed E-state index contributed by atoms with van der Waals surface area (Å²) in [6, 6.07) is 19.4. The van der Waals surface area contributed by atoms with Gasteiger partial charge in [0.2, 0.25) is 0 Å². The summed E-state index contributed by atoms with van der Waals surface area (Å²) < 4.78 is 18.6. The Morgan fingerprint density at radius 1 is 1.02 bits per heavy atom. The van der Waals surface area contributed by atoms with Crippen molar-refractivity contribution in [3.63, 3.8) is 0 Å². The molecule has 1 aliphatic heterocycles. The highest BCUT2D eigenvalue weighted by molar-refractivity contribution is 6.35. The first-order chi connectivity index (χ1) is 25.4. The van der Waals surface area contributed by atoms with Crippen molar-refractivity contribution in [1.29, 1.82) is 5.26 Å². The molecule has 0 aliphatic carbocycles. The zero-order valence-corrected chi connectivity index (χ0v) is 31.9. The summed E-state index contributed by atoms with van der Waals surface area (Å²) in [6.07, 6.45) is 3.97. The predicted octanol–water partition coefficient (Wildman–Crippen LogP) is 6.33. The van der Waals surface area contributed by atoms with E-state index in [0.717, 1.165) is 48.3 Å². The number of halogens is 2. The highest BCUT2D eigenvalue weighted by Crippen LogP contribution is 2.39. The third kappa shape index (κ3) is 9.97. The Morgan fingerprint density at radius 3 is 2.47 bits per heavy atom. The maximum Gasteiger partial charge on any atom is 0.326 e. The molecule has 3 aromatic carbocycles. The van der Waals surface area contributed by atoms with Gasteiger partial charge in [-0.05, 0) is 69.3 Å². The highest BCUT2D eigenvalue weighted by Gasteiger charge is 2.32. The van der Waals surface area contributed by atoms with E-state index < -0.39 is 18.1 Å². The summed E-state index contributed by atoms with van der Waals surface area (Å²) in [6.45, 7) is 6.79. The van der Waals surface area contributed by atoms with Gasteiger partial charge in [-0.3, -0.25) is 20.0 Å². The topological polar surface area (TPSA) is 140 Å². The van der Waals surface area contributed by atoms with Gasteiger partial charge in [0.15, 0.2) is 0 Å². The second kappa shape index (κ2) is 18.1. The van der Waals surface area contributed by atoms with E-state index in [1.807, 2.05) is 43.3 Å². The van der Waals surface area contributed by atoms with Crippen LogP contribution in [0.5, 0.6) is 17.2 Å². The first-order valence-corrected chi connectivity index (χ1v) is 18.1. The molecule has 280 valence electrons. The van der Waals surface area contributed by atoms with E-state index in [-0.39, 0.29) is 24.8 Å². The van der Waals surface area contributed by atoms with Gasteiger partial charge >= 0.3 is 5.97 Å². The molecule has 53 heavy (non-hydrogen) atoms. The number of nitriles is 1. The van der Waals surface area contributed by atoms with Gasteiger partial charge in [0.25, 0.3) is 0 Å². The first-order valence-electron chi connectivity index (χ1n) is 17.3. The average Bonchev–Trinajstić information content (AvgIpc) is 3.13. The number of likely N-dealkylation sites (tertiary alicyclic amines) is 1. The fourth-order valence-electron chi connectivity index (χ4n) is 5.88. The van der Waals surface area contributed by atoms with Gasteiger partial charge in [-0.1, -0.05) is 53.5 Å². The molecule has 5 rings (SSSR count). The summed E-state index contributed by atoms with van der Waals surface area (Å²) in [5, 5.41) is 32.4. The third-order valence-electron chi connectivity index (χ3n) is 9.52. The lowest BCUT2D eigenvalue weighted by Crippen LogP contribution is -2.57. The number of carbonyl (C=O) groups is 1. The van der Waals surface area contributed by atoms with Crippen molar-refractivity contribution in [2.24, 2.45) is 0 Å². The van der Waals surface area contributed by atoms with Crippen molar-refractivity contribution in [1.82, 2.24) is 20.1 Å². The second-order valence-corrected chi connectivity index (χ2v) is 14.4. The minimum Gasteiger partial charge on any atom is -0.492 e. The van der Waals surface area contributed by atoms with Crippen LogP contribution in [0.2, 0.25) is 10.0 Å². The number of hydrogen-bond donors (Lipinski definition) is 3. The van der Waals surface area contributed by atoms with E-state index in [1.54, 1.807) is 24.4 Å². The van der Waals surface area contributed by atoms with Crippen molar-refractivity contribution in [2.75, 3.05) is 46.9 Å². The van der Waals surface area contributed by atoms with E-state index in [9.17, 15) is 20.3 Å². The fraction of sp³-hybridized carbons (Fsp3) is 0.375. The second-order valence-electron chi connectivity index (χ2n) is 13.6. The molecule has 4 aromatic rings. The predicted molar refractivity (Wildman–Crippen MR) is 205 cm³/mol.